The van der Waals surface area contributed by atoms with Gasteiger partial charge in [0.25, 0.3) is 0 Å². The maximum absolute atomic E-state index is 12.2. The molecule has 0 heterocycles. The highest BCUT2D eigenvalue weighted by atomic mass is 16.5. The fourth-order valence-electron chi connectivity index (χ4n) is 8.24. The average Bonchev–Trinajstić information content (AvgIpc) is 3.04. The van der Waals surface area contributed by atoms with E-state index in [9.17, 15) is 9.59 Å². The lowest BCUT2D eigenvalue weighted by Crippen LogP contribution is -2.30. The molecule has 3 rings (SSSR count). The van der Waals surface area contributed by atoms with E-state index in [4.69, 9.17) is 19.3 Å². The van der Waals surface area contributed by atoms with Gasteiger partial charge in [-0.25, -0.2) is 9.59 Å². The number of esters is 2. The number of hydrogen-bond acceptors (Lipinski definition) is 6. The van der Waals surface area contributed by atoms with Crippen LogP contribution in [0.1, 0.15) is 122 Å². The van der Waals surface area contributed by atoms with Crippen molar-refractivity contribution in [2.45, 2.75) is 122 Å². The normalized spacial score (nSPS) is 28.5. The second-order valence-corrected chi connectivity index (χ2v) is 14.2. The van der Waals surface area contributed by atoms with E-state index in [1.807, 2.05) is 0 Å². The van der Waals surface area contributed by atoms with Gasteiger partial charge in [-0.3, -0.25) is 0 Å². The fraction of sp³-hybridized carbons (Fsp3) is 0.838. The van der Waals surface area contributed by atoms with Gasteiger partial charge in [0.15, 0.2) is 0 Å². The molecule has 43 heavy (non-hydrogen) atoms. The van der Waals surface area contributed by atoms with Crippen molar-refractivity contribution < 1.29 is 28.9 Å². The molecule has 246 valence electrons. The van der Waals surface area contributed by atoms with E-state index < -0.39 is 18.5 Å². The minimum absolute atomic E-state index is 0.0294. The summed E-state index contributed by atoms with van der Waals surface area (Å²) < 4.78 is 15.8. The molecule has 0 aromatic rings. The summed E-state index contributed by atoms with van der Waals surface area (Å²) in [5.41, 5.74) is 0.297. The van der Waals surface area contributed by atoms with Gasteiger partial charge in [-0.2, -0.15) is 0 Å². The molecule has 0 aromatic carbocycles. The molecular formula is C37H62O6. The summed E-state index contributed by atoms with van der Waals surface area (Å²) in [6.07, 6.45) is 24.6. The molecule has 0 aliphatic heterocycles. The quantitative estimate of drug-likeness (QED) is 0.0967. The van der Waals surface area contributed by atoms with E-state index in [1.54, 1.807) is 0 Å². The van der Waals surface area contributed by atoms with Gasteiger partial charge in [-0.15, -0.1) is 0 Å². The molecule has 0 radical (unpaired) electrons. The Morgan fingerprint density at radius 1 is 0.698 bits per heavy atom. The van der Waals surface area contributed by atoms with Gasteiger partial charge in [0, 0.05) is 13.0 Å². The average molecular weight is 603 g/mol. The lowest BCUT2D eigenvalue weighted by molar-refractivity contribution is -0.145. The summed E-state index contributed by atoms with van der Waals surface area (Å²) >= 11 is 0. The standard InChI is InChI=1S/C37H62O6/c1-5-6-7-8-29-11-15-32(16-12-29)34-19-21-35(22-20-34)33-17-13-30(14-18-33)9-10-31(25-42-36(39)27(2)23-38)26-43-37(40)28(3)24-41-4/h29-35,38H,2-3,5-26H2,1,4H3. The van der Waals surface area contributed by atoms with Crippen molar-refractivity contribution in [1.82, 2.24) is 0 Å². The van der Waals surface area contributed by atoms with Crippen molar-refractivity contribution in [1.29, 1.82) is 0 Å². The number of carbonyl (C=O) groups excluding carboxylic acids is 2. The third-order valence-corrected chi connectivity index (χ3v) is 11.1. The summed E-state index contributed by atoms with van der Waals surface area (Å²) in [4.78, 5) is 24.3. The summed E-state index contributed by atoms with van der Waals surface area (Å²) in [6, 6.07) is 0. The Kier molecular flexibility index (Phi) is 16.4. The van der Waals surface area contributed by atoms with E-state index in [0.717, 1.165) is 42.4 Å². The first-order valence-electron chi connectivity index (χ1n) is 17.6. The lowest BCUT2D eigenvalue weighted by atomic mass is 9.64. The van der Waals surface area contributed by atoms with E-state index in [-0.39, 0.29) is 36.9 Å². The molecule has 3 aliphatic carbocycles. The predicted octanol–water partition coefficient (Wildman–Crippen LogP) is 8.22. The number of hydrogen-bond donors (Lipinski definition) is 1. The Labute approximate surface area is 262 Å². The van der Waals surface area contributed by atoms with Crippen LogP contribution in [-0.4, -0.2) is 50.6 Å². The van der Waals surface area contributed by atoms with Crippen molar-refractivity contribution in [2.75, 3.05) is 33.5 Å². The Balaban J connectivity index is 1.36. The third kappa shape index (κ3) is 12.3. The van der Waals surface area contributed by atoms with Gasteiger partial charge in [0.05, 0.1) is 37.6 Å². The predicted molar refractivity (Wildman–Crippen MR) is 172 cm³/mol. The zero-order chi connectivity index (χ0) is 31.0. The molecule has 0 bridgehead atoms. The van der Waals surface area contributed by atoms with Crippen molar-refractivity contribution in [3.8, 4) is 0 Å². The highest BCUT2D eigenvalue weighted by Gasteiger charge is 2.34. The second-order valence-electron chi connectivity index (χ2n) is 14.2. The molecule has 0 amide bonds. The number of aliphatic hydroxyl groups is 1. The first-order chi connectivity index (χ1) is 20.8. The Bertz CT molecular complexity index is 843. The largest absolute Gasteiger partial charge is 0.462 e. The molecule has 3 fully saturated rings. The smallest absolute Gasteiger partial charge is 0.335 e. The third-order valence-electron chi connectivity index (χ3n) is 11.1. The van der Waals surface area contributed by atoms with Crippen LogP contribution in [0.25, 0.3) is 0 Å². The number of rotatable bonds is 18. The van der Waals surface area contributed by atoms with Crippen molar-refractivity contribution >= 4 is 11.9 Å². The number of aliphatic hydroxyl groups excluding tert-OH is 1. The van der Waals surface area contributed by atoms with Crippen molar-refractivity contribution in [2.24, 2.45) is 41.4 Å². The highest BCUT2D eigenvalue weighted by Crippen LogP contribution is 2.46. The van der Waals surface area contributed by atoms with Crippen LogP contribution < -0.4 is 0 Å². The Hall–Kier alpha value is -1.66. The van der Waals surface area contributed by atoms with Gasteiger partial charge in [0.1, 0.15) is 0 Å². The van der Waals surface area contributed by atoms with Gasteiger partial charge in [-0.05, 0) is 99.7 Å². The lowest BCUT2D eigenvalue weighted by Gasteiger charge is -2.41. The first-order valence-corrected chi connectivity index (χ1v) is 17.6. The van der Waals surface area contributed by atoms with Crippen molar-refractivity contribution in [3.05, 3.63) is 24.3 Å². The molecular weight excluding hydrogens is 540 g/mol. The molecule has 1 atom stereocenters. The minimum Gasteiger partial charge on any atom is -0.462 e. The van der Waals surface area contributed by atoms with Crippen LogP contribution in [-0.2, 0) is 23.8 Å². The molecule has 0 saturated heterocycles. The van der Waals surface area contributed by atoms with Gasteiger partial charge in [-0.1, -0.05) is 71.4 Å². The fourth-order valence-corrected chi connectivity index (χ4v) is 8.24. The molecule has 1 unspecified atom stereocenters. The molecule has 6 nitrogen and oxygen atoms in total. The van der Waals surface area contributed by atoms with Gasteiger partial charge in [0.2, 0.25) is 0 Å². The maximum atomic E-state index is 12.2. The van der Waals surface area contributed by atoms with Gasteiger partial charge >= 0.3 is 11.9 Å². The molecule has 0 spiro atoms. The van der Waals surface area contributed by atoms with E-state index >= 15 is 0 Å². The Morgan fingerprint density at radius 3 is 1.58 bits per heavy atom. The van der Waals surface area contributed by atoms with E-state index in [0.29, 0.717) is 5.92 Å². The summed E-state index contributed by atoms with van der Waals surface area (Å²) in [5.74, 6) is 4.31. The summed E-state index contributed by atoms with van der Waals surface area (Å²) in [6.45, 7) is 9.56. The molecule has 3 aliphatic rings. The second kappa shape index (κ2) is 19.7. The SMILES string of the molecule is C=C(CO)C(=O)OCC(CCC1CCC(C2CCC(C3CCC(CCCCC)CC3)CC2)CC1)COC(=O)C(=C)COC. The number of unbranched alkanes of at least 4 members (excludes halogenated alkanes) is 2. The van der Waals surface area contributed by atoms with Crippen LogP contribution >= 0.6 is 0 Å². The molecule has 0 aromatic heterocycles. The topological polar surface area (TPSA) is 82.1 Å². The molecule has 3 saturated carbocycles. The summed E-state index contributed by atoms with van der Waals surface area (Å²) in [7, 11) is 1.51. The van der Waals surface area contributed by atoms with E-state index in [1.165, 1.54) is 110 Å². The number of methoxy groups -OCH3 is 1. The minimum atomic E-state index is -0.604. The van der Waals surface area contributed by atoms with Crippen LogP contribution in [0.5, 0.6) is 0 Å². The maximum Gasteiger partial charge on any atom is 0.335 e. The van der Waals surface area contributed by atoms with Crippen LogP contribution in [0, 0.1) is 41.4 Å². The number of carbonyl (C=O) groups is 2. The van der Waals surface area contributed by atoms with Crippen LogP contribution in [0.3, 0.4) is 0 Å². The number of ether oxygens (including phenoxy) is 3. The highest BCUT2D eigenvalue weighted by molar-refractivity contribution is 5.88. The van der Waals surface area contributed by atoms with E-state index in [2.05, 4.69) is 20.1 Å². The van der Waals surface area contributed by atoms with Gasteiger partial charge < -0.3 is 19.3 Å². The zero-order valence-corrected chi connectivity index (χ0v) is 27.5. The van der Waals surface area contributed by atoms with Crippen LogP contribution in [0.4, 0.5) is 0 Å². The molecule has 1 N–H and O–H groups in total. The molecule has 6 heteroatoms. The zero-order valence-electron chi connectivity index (χ0n) is 27.5. The monoisotopic (exact) mass is 602 g/mol. The Morgan fingerprint density at radius 2 is 1.14 bits per heavy atom. The summed E-state index contributed by atoms with van der Waals surface area (Å²) in [5, 5.41) is 9.17. The van der Waals surface area contributed by atoms with Crippen LogP contribution in [0.15, 0.2) is 24.3 Å². The van der Waals surface area contributed by atoms with Crippen molar-refractivity contribution in [3.63, 3.8) is 0 Å². The van der Waals surface area contributed by atoms with Crippen LogP contribution in [0.2, 0.25) is 0 Å². The first kappa shape index (κ1) is 35.8.